The summed E-state index contributed by atoms with van der Waals surface area (Å²) in [6.45, 7) is 3.48. The highest BCUT2D eigenvalue weighted by molar-refractivity contribution is 5.77. The van der Waals surface area contributed by atoms with Gasteiger partial charge in [0.15, 0.2) is 0 Å². The second kappa shape index (κ2) is 6.11. The highest BCUT2D eigenvalue weighted by Crippen LogP contribution is 2.20. The van der Waals surface area contributed by atoms with Crippen molar-refractivity contribution in [1.29, 1.82) is 0 Å². The Morgan fingerprint density at radius 2 is 1.80 bits per heavy atom. The Kier molecular flexibility index (Phi) is 4.46. The maximum absolute atomic E-state index is 12.3. The zero-order valence-corrected chi connectivity index (χ0v) is 11.7. The summed E-state index contributed by atoms with van der Waals surface area (Å²) in [4.78, 5) is 37.7. The number of rotatable bonds is 2. The van der Waals surface area contributed by atoms with Gasteiger partial charge >= 0.3 is 12.0 Å². The monoisotopic (exact) mass is 283 g/mol. The van der Waals surface area contributed by atoms with Crippen molar-refractivity contribution in [2.24, 2.45) is 5.92 Å². The van der Waals surface area contributed by atoms with Gasteiger partial charge in [0.2, 0.25) is 5.91 Å². The van der Waals surface area contributed by atoms with Crippen LogP contribution in [0.2, 0.25) is 0 Å². The van der Waals surface area contributed by atoms with E-state index in [2.05, 4.69) is 5.32 Å². The van der Waals surface area contributed by atoms with Crippen LogP contribution in [0.15, 0.2) is 0 Å². The molecule has 0 aromatic rings. The minimum Gasteiger partial charge on any atom is -0.481 e. The number of carbonyl (C=O) groups is 3. The Bertz CT molecular complexity index is 412. The van der Waals surface area contributed by atoms with Crippen molar-refractivity contribution >= 4 is 17.9 Å². The molecular formula is C13H21N3O4. The molecule has 2 N–H and O–H groups in total. The summed E-state index contributed by atoms with van der Waals surface area (Å²) in [5.74, 6) is -1.38. The summed E-state index contributed by atoms with van der Waals surface area (Å²) >= 11 is 0. The minimum absolute atomic E-state index is 0.0107. The Labute approximate surface area is 117 Å². The van der Waals surface area contributed by atoms with E-state index in [9.17, 15) is 14.4 Å². The topological polar surface area (TPSA) is 90.0 Å². The molecule has 0 aliphatic carbocycles. The molecule has 2 saturated heterocycles. The van der Waals surface area contributed by atoms with Crippen LogP contribution < -0.4 is 5.32 Å². The lowest BCUT2D eigenvalue weighted by atomic mass is 9.99. The average molecular weight is 283 g/mol. The molecule has 2 atom stereocenters. The fourth-order valence-corrected chi connectivity index (χ4v) is 2.89. The summed E-state index contributed by atoms with van der Waals surface area (Å²) in [6, 6.07) is -0.0969. The number of nitrogens with one attached hydrogen (secondary N) is 1. The Morgan fingerprint density at radius 1 is 1.10 bits per heavy atom. The number of nitrogens with zero attached hydrogens (tertiary/aromatic N) is 2. The lowest BCUT2D eigenvalue weighted by molar-refractivity contribution is -0.143. The molecule has 20 heavy (non-hydrogen) atoms. The van der Waals surface area contributed by atoms with Crippen molar-refractivity contribution in [3.63, 3.8) is 0 Å². The molecule has 0 radical (unpaired) electrons. The van der Waals surface area contributed by atoms with Gasteiger partial charge in [-0.1, -0.05) is 0 Å². The highest BCUT2D eigenvalue weighted by atomic mass is 16.4. The van der Waals surface area contributed by atoms with Crippen LogP contribution >= 0.6 is 0 Å². The van der Waals surface area contributed by atoms with Gasteiger partial charge in [-0.15, -0.1) is 0 Å². The normalized spacial score (nSPS) is 26.4. The molecule has 2 aliphatic rings. The van der Waals surface area contributed by atoms with Gasteiger partial charge in [0.05, 0.1) is 5.92 Å². The highest BCUT2D eigenvalue weighted by Gasteiger charge is 2.33. The first-order valence-corrected chi connectivity index (χ1v) is 7.01. The van der Waals surface area contributed by atoms with E-state index in [1.54, 1.807) is 9.80 Å². The number of hydrogen-bond acceptors (Lipinski definition) is 3. The SMILES string of the molecule is CC(=O)NC1CCN(C(=O)N2CCC[C@@H](C(=O)O)C2)C1. The fourth-order valence-electron chi connectivity index (χ4n) is 2.89. The molecule has 0 spiro atoms. The van der Waals surface area contributed by atoms with E-state index in [-0.39, 0.29) is 24.5 Å². The van der Waals surface area contributed by atoms with Crippen molar-refractivity contribution in [3.8, 4) is 0 Å². The van der Waals surface area contributed by atoms with E-state index in [4.69, 9.17) is 5.11 Å². The van der Waals surface area contributed by atoms with Crippen molar-refractivity contribution < 1.29 is 19.5 Å². The third-order valence-electron chi connectivity index (χ3n) is 3.91. The molecule has 112 valence electrons. The zero-order chi connectivity index (χ0) is 14.7. The summed E-state index contributed by atoms with van der Waals surface area (Å²) in [5.41, 5.74) is 0. The first kappa shape index (κ1) is 14.6. The molecule has 7 heteroatoms. The van der Waals surface area contributed by atoms with Crippen LogP contribution in [0.4, 0.5) is 4.79 Å². The van der Waals surface area contributed by atoms with Crippen LogP contribution in [0.25, 0.3) is 0 Å². The zero-order valence-electron chi connectivity index (χ0n) is 11.7. The predicted molar refractivity (Wildman–Crippen MR) is 71.1 cm³/mol. The lowest BCUT2D eigenvalue weighted by Crippen LogP contribution is -2.49. The number of carbonyl (C=O) groups excluding carboxylic acids is 2. The Morgan fingerprint density at radius 3 is 2.45 bits per heavy atom. The van der Waals surface area contributed by atoms with Gasteiger partial charge in [0, 0.05) is 39.1 Å². The van der Waals surface area contributed by atoms with E-state index in [1.807, 2.05) is 0 Å². The summed E-state index contributed by atoms with van der Waals surface area (Å²) in [6.07, 6.45) is 2.11. The first-order valence-electron chi connectivity index (χ1n) is 7.01. The van der Waals surface area contributed by atoms with Crippen LogP contribution in [0, 0.1) is 5.92 Å². The van der Waals surface area contributed by atoms with Gasteiger partial charge < -0.3 is 20.2 Å². The van der Waals surface area contributed by atoms with Gasteiger partial charge in [0.25, 0.3) is 0 Å². The van der Waals surface area contributed by atoms with Gasteiger partial charge in [-0.2, -0.15) is 0 Å². The Hall–Kier alpha value is -1.79. The number of aliphatic carboxylic acids is 1. The predicted octanol–water partition coefficient (Wildman–Crippen LogP) is 0.113. The standard InChI is InChI=1S/C13H21N3O4/c1-9(17)14-11-4-6-16(8-11)13(20)15-5-2-3-10(7-15)12(18)19/h10-11H,2-8H2,1H3,(H,14,17)(H,18,19)/t10-,11?/m1/s1. The second-order valence-corrected chi connectivity index (χ2v) is 5.54. The van der Waals surface area contributed by atoms with E-state index in [0.29, 0.717) is 26.1 Å². The molecule has 3 amide bonds. The molecule has 0 bridgehead atoms. The third-order valence-corrected chi connectivity index (χ3v) is 3.91. The van der Waals surface area contributed by atoms with Gasteiger partial charge in [-0.05, 0) is 19.3 Å². The van der Waals surface area contributed by atoms with Gasteiger partial charge in [0.1, 0.15) is 0 Å². The molecule has 0 saturated carbocycles. The molecule has 2 fully saturated rings. The van der Waals surface area contributed by atoms with E-state index < -0.39 is 11.9 Å². The molecule has 7 nitrogen and oxygen atoms in total. The molecule has 0 aromatic carbocycles. The molecule has 2 aliphatic heterocycles. The smallest absolute Gasteiger partial charge is 0.320 e. The van der Waals surface area contributed by atoms with Crippen LogP contribution in [0.5, 0.6) is 0 Å². The quantitative estimate of drug-likeness (QED) is 0.753. The average Bonchev–Trinajstić information content (AvgIpc) is 2.85. The maximum Gasteiger partial charge on any atom is 0.320 e. The van der Waals surface area contributed by atoms with Crippen LogP contribution in [0.3, 0.4) is 0 Å². The minimum atomic E-state index is -0.833. The number of likely N-dealkylation sites (tertiary alicyclic amines) is 2. The molecular weight excluding hydrogens is 262 g/mol. The van der Waals surface area contributed by atoms with Crippen molar-refractivity contribution in [2.45, 2.75) is 32.2 Å². The van der Waals surface area contributed by atoms with Crippen molar-refractivity contribution in [1.82, 2.24) is 15.1 Å². The maximum atomic E-state index is 12.3. The summed E-state index contributed by atoms with van der Waals surface area (Å²) < 4.78 is 0. The van der Waals surface area contributed by atoms with Crippen LogP contribution in [-0.2, 0) is 9.59 Å². The van der Waals surface area contributed by atoms with E-state index in [0.717, 1.165) is 12.8 Å². The van der Waals surface area contributed by atoms with E-state index >= 15 is 0 Å². The van der Waals surface area contributed by atoms with Gasteiger partial charge in [-0.3, -0.25) is 9.59 Å². The number of carboxylic acid groups (broad SMARTS) is 1. The number of hydrogen-bond donors (Lipinski definition) is 2. The number of piperidine rings is 1. The Balaban J connectivity index is 1.88. The molecule has 1 unspecified atom stereocenters. The fraction of sp³-hybridized carbons (Fsp3) is 0.769. The van der Waals surface area contributed by atoms with Crippen molar-refractivity contribution in [3.05, 3.63) is 0 Å². The first-order chi connectivity index (χ1) is 9.47. The molecule has 2 rings (SSSR count). The van der Waals surface area contributed by atoms with Crippen LogP contribution in [-0.4, -0.2) is 65.0 Å². The number of urea groups is 1. The number of carboxylic acids is 1. The van der Waals surface area contributed by atoms with Gasteiger partial charge in [-0.25, -0.2) is 4.79 Å². The van der Waals surface area contributed by atoms with Crippen molar-refractivity contribution in [2.75, 3.05) is 26.2 Å². The van der Waals surface area contributed by atoms with Crippen LogP contribution in [0.1, 0.15) is 26.2 Å². The summed E-state index contributed by atoms with van der Waals surface area (Å²) in [5, 5.41) is 11.9. The summed E-state index contributed by atoms with van der Waals surface area (Å²) in [7, 11) is 0. The second-order valence-electron chi connectivity index (χ2n) is 5.54. The third kappa shape index (κ3) is 3.40. The molecule has 0 aromatic heterocycles. The molecule has 2 heterocycles. The number of amides is 3. The lowest BCUT2D eigenvalue weighted by Gasteiger charge is -2.33. The van der Waals surface area contributed by atoms with E-state index in [1.165, 1.54) is 6.92 Å². The largest absolute Gasteiger partial charge is 0.481 e.